The van der Waals surface area contributed by atoms with Crippen LogP contribution in [0.1, 0.15) is 0 Å². The molecule has 0 bridgehead atoms. The second-order valence-corrected chi connectivity index (χ2v) is 0. The van der Waals surface area contributed by atoms with E-state index in [0.717, 1.165) is 0 Å². The van der Waals surface area contributed by atoms with Gasteiger partial charge in [0.1, 0.15) is 0 Å². The van der Waals surface area contributed by atoms with Crippen LogP contribution >= 0.6 is 0 Å². The first-order valence-electron chi connectivity index (χ1n) is 0.289. The Balaban J connectivity index is -0.00000000500. The Bertz CT molecular complexity index is 8.00. The van der Waals surface area contributed by atoms with Gasteiger partial charge in [-0.15, -0.1) is 0 Å². The van der Waals surface area contributed by atoms with Gasteiger partial charge >= 0.3 is 0 Å². The molecule has 0 fully saturated rings. The van der Waals surface area contributed by atoms with Gasteiger partial charge in [0.05, 0.1) is 0 Å². The summed E-state index contributed by atoms with van der Waals surface area (Å²) in [6.45, 7) is 0. The van der Waals surface area contributed by atoms with E-state index in [1.165, 1.54) is 0 Å². The van der Waals surface area contributed by atoms with Crippen LogP contribution in [0.4, 0.5) is 0 Å². The zero-order chi connectivity index (χ0) is 2.00. The summed E-state index contributed by atoms with van der Waals surface area (Å²) in [6, 6.07) is 0. The smallest absolute Gasteiger partial charge is 0.245 e. The zero-order valence-electron chi connectivity index (χ0n) is 1.62. The molecule has 0 aromatic heterocycles. The van der Waals surface area contributed by atoms with Gasteiger partial charge in [-0.05, 0) is 0 Å². The maximum absolute atomic E-state index is 8.28. The molecule has 22 valence electrons. The molecule has 0 aliphatic rings. The fourth-order valence-electron chi connectivity index (χ4n) is 0. The summed E-state index contributed by atoms with van der Waals surface area (Å²) >= 11 is 0. The van der Waals surface area contributed by atoms with Gasteiger partial charge in [0.2, 0.25) is 10.1 Å². The maximum Gasteiger partial charge on any atom is 0.245 e. The van der Waals surface area contributed by atoms with Gasteiger partial charge in [-0.2, -0.15) is 0 Å². The van der Waals surface area contributed by atoms with Crippen molar-refractivity contribution in [2.75, 3.05) is 0 Å². The molecule has 0 saturated heterocycles. The quantitative estimate of drug-likeness (QED) is 0.448. The summed E-state index contributed by atoms with van der Waals surface area (Å²) in [5, 5.41) is 0. The van der Waals surface area contributed by atoms with Crippen molar-refractivity contribution in [3.05, 3.63) is 0 Å². The van der Waals surface area contributed by atoms with Crippen LogP contribution in [0.15, 0.2) is 0 Å². The van der Waals surface area contributed by atoms with Gasteiger partial charge < -0.3 is 4.46 Å². The van der Waals surface area contributed by atoms with Gasteiger partial charge in [-0.25, -0.2) is 0 Å². The van der Waals surface area contributed by atoms with Gasteiger partial charge in [-0.1, -0.05) is 0 Å². The van der Waals surface area contributed by atoms with Crippen LogP contribution in [-0.2, 0) is 30.3 Å². The summed E-state index contributed by atoms with van der Waals surface area (Å²) < 4.78 is 8.28. The molecule has 0 rings (SSSR count). The minimum Gasteiger partial charge on any atom is -0.396 e. The van der Waals surface area contributed by atoms with Crippen molar-refractivity contribution in [3.8, 4) is 0 Å². The molecule has 0 aliphatic heterocycles. The third kappa shape index (κ3) is 9.93. The first kappa shape index (κ1) is 18.1. The predicted octanol–water partition coefficient (Wildman–Crippen LogP) is -2.22. The minimum atomic E-state index is 0. The Morgan fingerprint density at radius 1 is 1.25 bits per heavy atom. The average molecular weight is 255 g/mol. The third-order valence-corrected chi connectivity index (χ3v) is 0. The van der Waals surface area contributed by atoms with Crippen molar-refractivity contribution in [3.63, 3.8) is 0 Å². The first-order chi connectivity index (χ1) is 1.00. The molecule has 0 aromatic rings. The Morgan fingerprint density at radius 2 is 1.25 bits per heavy atom. The SMILES string of the molecule is O=[SiH2].[AlH3].[Hf]. The average Bonchev–Trinajstić information content (AvgIpc) is 1.00. The Kier molecular flexibility index (Phi) is 116. The standard InChI is InChI=1S/Al.Hf.H2OSi.3H/c;;1-2;;;/h;;2H2;;;. The number of rotatable bonds is 0. The topological polar surface area (TPSA) is 17.1 Å². The Hall–Kier alpha value is 1.42. The second-order valence-electron chi connectivity index (χ2n) is 0. The third-order valence-electron chi connectivity index (χ3n) is 0. The van der Waals surface area contributed by atoms with E-state index in [0.29, 0.717) is 10.1 Å². The van der Waals surface area contributed by atoms with E-state index >= 15 is 0 Å². The molecule has 0 aromatic carbocycles. The molecule has 1 nitrogen and oxygen atoms in total. The Morgan fingerprint density at radius 3 is 1.25 bits per heavy atom. The normalized spacial score (nSPS) is 1.00. The van der Waals surface area contributed by atoms with Gasteiger partial charge in [0.15, 0.2) is 17.4 Å². The Labute approximate surface area is 57.6 Å². The molecule has 0 atom stereocenters. The molecule has 0 N–H and O–H groups in total. The molecule has 0 amide bonds. The molecule has 4 heteroatoms. The van der Waals surface area contributed by atoms with E-state index < -0.39 is 0 Å². The molecule has 0 radical (unpaired) electrons. The molecule has 0 heterocycles. The van der Waals surface area contributed by atoms with Crippen LogP contribution in [0.3, 0.4) is 0 Å². The first-order valence-corrected chi connectivity index (χ1v) is 0.866. The summed E-state index contributed by atoms with van der Waals surface area (Å²) in [7, 11) is 0.611. The van der Waals surface area contributed by atoms with Crippen LogP contribution in [0, 0.1) is 0 Å². The van der Waals surface area contributed by atoms with E-state index in [2.05, 4.69) is 0 Å². The number of hydrogen-bond donors (Lipinski definition) is 0. The summed E-state index contributed by atoms with van der Waals surface area (Å²) in [5.74, 6) is 0. The maximum atomic E-state index is 8.28. The molecular formula is H5AlHfOSi. The van der Waals surface area contributed by atoms with E-state index in [9.17, 15) is 0 Å². The van der Waals surface area contributed by atoms with Crippen molar-refractivity contribution in [2.24, 2.45) is 0 Å². The minimum absolute atomic E-state index is 0. The summed E-state index contributed by atoms with van der Waals surface area (Å²) in [6.07, 6.45) is 0. The van der Waals surface area contributed by atoms with Crippen molar-refractivity contribution >= 4 is 27.5 Å². The predicted molar refractivity (Wildman–Crippen MR) is 19.2 cm³/mol. The van der Waals surface area contributed by atoms with Crippen LogP contribution in [0.2, 0.25) is 0 Å². The fraction of sp³-hybridized carbons (Fsp3) is 0. The van der Waals surface area contributed by atoms with Gasteiger partial charge in [0.25, 0.3) is 0 Å². The van der Waals surface area contributed by atoms with Crippen LogP contribution in [-0.4, -0.2) is 27.5 Å². The largest absolute Gasteiger partial charge is 0.396 e. The van der Waals surface area contributed by atoms with Crippen LogP contribution in [0.25, 0.3) is 0 Å². The molecule has 0 saturated carbocycles. The van der Waals surface area contributed by atoms with Crippen LogP contribution < -0.4 is 0 Å². The van der Waals surface area contributed by atoms with E-state index in [-0.39, 0.29) is 43.2 Å². The number of hydrogen-bond acceptors (Lipinski definition) is 1. The second kappa shape index (κ2) is 25.6. The van der Waals surface area contributed by atoms with Crippen LogP contribution in [0.5, 0.6) is 0 Å². The zero-order valence-corrected chi connectivity index (χ0v) is 6.62. The van der Waals surface area contributed by atoms with E-state index in [4.69, 9.17) is 4.46 Å². The van der Waals surface area contributed by atoms with Crippen molar-refractivity contribution in [1.82, 2.24) is 0 Å². The summed E-state index contributed by atoms with van der Waals surface area (Å²) in [5.41, 5.74) is 0. The van der Waals surface area contributed by atoms with E-state index in [1.807, 2.05) is 0 Å². The van der Waals surface area contributed by atoms with Gasteiger partial charge in [0, 0.05) is 25.8 Å². The van der Waals surface area contributed by atoms with Gasteiger partial charge in [-0.3, -0.25) is 0 Å². The molecule has 4 heavy (non-hydrogen) atoms. The molecular weight excluding hydrogens is 250 g/mol. The fourth-order valence-corrected chi connectivity index (χ4v) is 0. The van der Waals surface area contributed by atoms with Crippen molar-refractivity contribution in [2.45, 2.75) is 0 Å². The molecule has 0 unspecified atom stereocenters. The van der Waals surface area contributed by atoms with Crippen molar-refractivity contribution in [1.29, 1.82) is 0 Å². The molecule has 0 aliphatic carbocycles. The molecule has 0 spiro atoms. The summed E-state index contributed by atoms with van der Waals surface area (Å²) in [4.78, 5) is 0. The van der Waals surface area contributed by atoms with Crippen molar-refractivity contribution < 1.29 is 30.3 Å². The monoisotopic (exact) mass is 256 g/mol. The van der Waals surface area contributed by atoms with E-state index in [1.54, 1.807) is 0 Å².